The second kappa shape index (κ2) is 11.3. The van der Waals surface area contributed by atoms with Gasteiger partial charge in [-0.15, -0.1) is 0 Å². The van der Waals surface area contributed by atoms with Crippen LogP contribution in [-0.4, -0.2) is 51.9 Å². The topological polar surface area (TPSA) is 60.9 Å². The van der Waals surface area contributed by atoms with Crippen molar-refractivity contribution in [3.63, 3.8) is 0 Å². The standard InChI is InChI=1S/C27H26Cl2F3N3O3S/c1-18-3-8-22(9-4-18)39(37,38)35(21-7-10-24(29)23(16-21)27(30,31)32)17-26(36)34-13-11-33(12-14-34)25-15-20(28)6-5-19(25)2/h3-10,15-16H,11-14,17H2,1-2H3. The van der Waals surface area contributed by atoms with Crippen molar-refractivity contribution in [1.82, 2.24) is 4.90 Å². The Balaban J connectivity index is 1.62. The molecule has 0 bridgehead atoms. The zero-order chi connectivity index (χ0) is 28.5. The van der Waals surface area contributed by atoms with Gasteiger partial charge in [0.1, 0.15) is 6.54 Å². The number of alkyl halides is 3. The molecule has 6 nitrogen and oxygen atoms in total. The molecular formula is C27H26Cl2F3N3O3S. The van der Waals surface area contributed by atoms with E-state index in [1.807, 2.05) is 19.1 Å². The number of nitrogens with zero attached hydrogens (tertiary/aromatic N) is 3. The molecule has 1 aliphatic heterocycles. The molecule has 0 radical (unpaired) electrons. The van der Waals surface area contributed by atoms with Gasteiger partial charge < -0.3 is 9.80 Å². The van der Waals surface area contributed by atoms with Gasteiger partial charge >= 0.3 is 6.18 Å². The van der Waals surface area contributed by atoms with Crippen molar-refractivity contribution in [2.75, 3.05) is 41.9 Å². The van der Waals surface area contributed by atoms with Gasteiger partial charge in [0.25, 0.3) is 10.0 Å². The van der Waals surface area contributed by atoms with Gasteiger partial charge in [0, 0.05) is 36.9 Å². The van der Waals surface area contributed by atoms with Crippen LogP contribution in [0.3, 0.4) is 0 Å². The van der Waals surface area contributed by atoms with Crippen LogP contribution >= 0.6 is 23.2 Å². The van der Waals surface area contributed by atoms with E-state index in [9.17, 15) is 26.4 Å². The van der Waals surface area contributed by atoms with Crippen LogP contribution in [0.5, 0.6) is 0 Å². The molecule has 0 aliphatic carbocycles. The number of aryl methyl sites for hydroxylation is 2. The highest BCUT2D eigenvalue weighted by atomic mass is 35.5. The lowest BCUT2D eigenvalue weighted by Crippen LogP contribution is -2.52. The van der Waals surface area contributed by atoms with Gasteiger partial charge in [-0.3, -0.25) is 9.10 Å². The number of carbonyl (C=O) groups excluding carboxylic acids is 1. The van der Waals surface area contributed by atoms with Gasteiger partial charge in [0.15, 0.2) is 0 Å². The smallest absolute Gasteiger partial charge is 0.368 e. The number of sulfonamides is 1. The predicted molar refractivity (Wildman–Crippen MR) is 147 cm³/mol. The molecule has 1 amide bonds. The number of rotatable bonds is 6. The summed E-state index contributed by atoms with van der Waals surface area (Å²) in [5, 5.41) is 0.0185. The summed E-state index contributed by atoms with van der Waals surface area (Å²) in [5.74, 6) is -0.531. The third kappa shape index (κ3) is 6.45. The third-order valence-corrected chi connectivity index (χ3v) is 8.93. The lowest BCUT2D eigenvalue weighted by atomic mass is 10.1. The maximum Gasteiger partial charge on any atom is 0.417 e. The minimum absolute atomic E-state index is 0.148. The van der Waals surface area contributed by atoms with Crippen molar-refractivity contribution in [2.24, 2.45) is 0 Å². The van der Waals surface area contributed by atoms with Gasteiger partial charge in [0.2, 0.25) is 5.91 Å². The van der Waals surface area contributed by atoms with Crippen LogP contribution < -0.4 is 9.21 Å². The molecule has 1 saturated heterocycles. The van der Waals surface area contributed by atoms with E-state index >= 15 is 0 Å². The van der Waals surface area contributed by atoms with Crippen LogP contribution in [0.25, 0.3) is 0 Å². The first-order valence-corrected chi connectivity index (χ1v) is 14.2. The third-order valence-electron chi connectivity index (χ3n) is 6.58. The maximum atomic E-state index is 13.6. The Bertz CT molecular complexity index is 1470. The minimum atomic E-state index is -4.81. The molecule has 0 spiro atoms. The molecule has 0 saturated carbocycles. The summed E-state index contributed by atoms with van der Waals surface area (Å²) in [6, 6.07) is 14.2. The van der Waals surface area contributed by atoms with Crippen molar-refractivity contribution < 1.29 is 26.4 Å². The monoisotopic (exact) mass is 599 g/mol. The molecule has 1 fully saturated rings. The van der Waals surface area contributed by atoms with E-state index in [1.54, 1.807) is 25.1 Å². The summed E-state index contributed by atoms with van der Waals surface area (Å²) in [6.07, 6.45) is -4.81. The fourth-order valence-corrected chi connectivity index (χ4v) is 6.18. The second-order valence-electron chi connectivity index (χ2n) is 9.29. The summed E-state index contributed by atoms with van der Waals surface area (Å²) in [7, 11) is -4.39. The summed E-state index contributed by atoms with van der Waals surface area (Å²) < 4.78 is 68.8. The van der Waals surface area contributed by atoms with E-state index in [0.29, 0.717) is 41.6 Å². The Kier molecular flexibility index (Phi) is 8.39. The zero-order valence-corrected chi connectivity index (χ0v) is 23.5. The SMILES string of the molecule is Cc1ccc(S(=O)(=O)N(CC(=O)N2CCN(c3cc(Cl)ccc3C)CC2)c2ccc(Cl)c(C(F)(F)F)c2)cc1. The van der Waals surface area contributed by atoms with Crippen LogP contribution in [0.2, 0.25) is 10.0 Å². The predicted octanol–water partition coefficient (Wildman–Crippen LogP) is 6.17. The first-order chi connectivity index (χ1) is 18.3. The second-order valence-corrected chi connectivity index (χ2v) is 12.0. The van der Waals surface area contributed by atoms with E-state index in [2.05, 4.69) is 4.90 Å². The van der Waals surface area contributed by atoms with Crippen LogP contribution in [-0.2, 0) is 21.0 Å². The Morgan fingerprint density at radius 2 is 1.56 bits per heavy atom. The highest BCUT2D eigenvalue weighted by Crippen LogP contribution is 2.38. The van der Waals surface area contributed by atoms with Gasteiger partial charge in [-0.1, -0.05) is 47.0 Å². The largest absolute Gasteiger partial charge is 0.417 e. The lowest BCUT2D eigenvalue weighted by molar-refractivity contribution is -0.137. The molecular weight excluding hydrogens is 574 g/mol. The van der Waals surface area contributed by atoms with Crippen LogP contribution in [0.4, 0.5) is 24.5 Å². The summed E-state index contributed by atoms with van der Waals surface area (Å²) in [5.41, 5.74) is 1.27. The van der Waals surface area contributed by atoms with Crippen LogP contribution in [0, 0.1) is 13.8 Å². The van der Waals surface area contributed by atoms with E-state index in [-0.39, 0.29) is 10.6 Å². The normalized spacial score (nSPS) is 14.4. The van der Waals surface area contributed by atoms with Gasteiger partial charge in [-0.2, -0.15) is 13.2 Å². The van der Waals surface area contributed by atoms with Gasteiger partial charge in [-0.25, -0.2) is 8.42 Å². The molecule has 1 heterocycles. The fraction of sp³-hybridized carbons (Fsp3) is 0.296. The van der Waals surface area contributed by atoms with E-state index < -0.39 is 39.2 Å². The van der Waals surface area contributed by atoms with Crippen molar-refractivity contribution in [3.8, 4) is 0 Å². The molecule has 0 atom stereocenters. The molecule has 3 aromatic rings. The van der Waals surface area contributed by atoms with Crippen LogP contribution in [0.1, 0.15) is 16.7 Å². The van der Waals surface area contributed by atoms with E-state index in [1.165, 1.54) is 17.0 Å². The molecule has 0 N–H and O–H groups in total. The van der Waals surface area contributed by atoms with Crippen molar-refractivity contribution in [1.29, 1.82) is 0 Å². The van der Waals surface area contributed by atoms with Crippen molar-refractivity contribution >= 4 is 50.5 Å². The Morgan fingerprint density at radius 1 is 0.923 bits per heavy atom. The fourth-order valence-electron chi connectivity index (χ4n) is 4.38. The summed E-state index contributed by atoms with van der Waals surface area (Å²) >= 11 is 11.9. The van der Waals surface area contributed by atoms with Crippen LogP contribution in [0.15, 0.2) is 65.6 Å². The Morgan fingerprint density at radius 3 is 2.18 bits per heavy atom. The van der Waals surface area contributed by atoms with Gasteiger partial charge in [-0.05, 0) is 61.9 Å². The average Bonchev–Trinajstić information content (AvgIpc) is 2.88. The molecule has 1 aliphatic rings. The number of anilines is 2. The van der Waals surface area contributed by atoms with Gasteiger partial charge in [0.05, 0.1) is 21.2 Å². The molecule has 0 unspecified atom stereocenters. The van der Waals surface area contributed by atoms with E-state index in [0.717, 1.165) is 28.9 Å². The highest BCUT2D eigenvalue weighted by molar-refractivity contribution is 7.92. The molecule has 0 aromatic heterocycles. The number of hydrogen-bond acceptors (Lipinski definition) is 4. The summed E-state index contributed by atoms with van der Waals surface area (Å²) in [4.78, 5) is 16.8. The summed E-state index contributed by atoms with van der Waals surface area (Å²) in [6.45, 7) is 4.63. The Hall–Kier alpha value is -2.95. The first kappa shape index (κ1) is 29.0. The maximum absolute atomic E-state index is 13.6. The molecule has 4 rings (SSSR count). The van der Waals surface area contributed by atoms with Crippen molar-refractivity contribution in [3.05, 3.63) is 87.4 Å². The van der Waals surface area contributed by atoms with E-state index in [4.69, 9.17) is 23.2 Å². The number of carbonyl (C=O) groups is 1. The molecule has 3 aromatic carbocycles. The quantitative estimate of drug-likeness (QED) is 0.340. The van der Waals surface area contributed by atoms with Crippen molar-refractivity contribution in [2.45, 2.75) is 24.9 Å². The zero-order valence-electron chi connectivity index (χ0n) is 21.2. The lowest BCUT2D eigenvalue weighted by Gasteiger charge is -2.37. The number of piperazine rings is 1. The average molecular weight is 600 g/mol. The number of hydrogen-bond donors (Lipinski definition) is 0. The molecule has 12 heteroatoms. The molecule has 208 valence electrons. The Labute approximate surface area is 235 Å². The number of halogens is 5. The number of amides is 1. The molecule has 39 heavy (non-hydrogen) atoms. The first-order valence-electron chi connectivity index (χ1n) is 12.0. The highest BCUT2D eigenvalue weighted by Gasteiger charge is 2.36. The number of benzene rings is 3. The minimum Gasteiger partial charge on any atom is -0.368 e.